The number of carbonyl (C=O) groups is 2. The average Bonchev–Trinajstić information content (AvgIpc) is 2.87. The lowest BCUT2D eigenvalue weighted by atomic mass is 9.97. The first kappa shape index (κ1) is 19.2. The van der Waals surface area contributed by atoms with Crippen LogP contribution in [0.5, 0.6) is 5.75 Å². The molecule has 27 heavy (non-hydrogen) atoms. The molecule has 0 aliphatic heterocycles. The minimum absolute atomic E-state index is 0.200. The number of benzene rings is 2. The predicted octanol–water partition coefficient (Wildman–Crippen LogP) is 4.38. The summed E-state index contributed by atoms with van der Waals surface area (Å²) in [5.74, 6) is -3.31. The Labute approximate surface area is 164 Å². The van der Waals surface area contributed by atoms with Gasteiger partial charge < -0.3 is 10.8 Å². The maximum atomic E-state index is 14.0. The molecule has 0 fully saturated rings. The molecule has 0 saturated heterocycles. The third-order valence-corrected chi connectivity index (χ3v) is 5.29. The molecule has 0 spiro atoms. The fourth-order valence-corrected chi connectivity index (χ4v) is 3.45. The average molecular weight is 409 g/mol. The van der Waals surface area contributed by atoms with Crippen molar-refractivity contribution in [1.29, 1.82) is 0 Å². The molecule has 1 heterocycles. The highest BCUT2D eigenvalue weighted by Crippen LogP contribution is 2.36. The van der Waals surface area contributed by atoms with Gasteiger partial charge in [-0.2, -0.15) is 0 Å². The Morgan fingerprint density at radius 2 is 1.85 bits per heavy atom. The monoisotopic (exact) mass is 408 g/mol. The number of aromatic nitrogens is 1. The zero-order chi connectivity index (χ0) is 20.0. The van der Waals surface area contributed by atoms with E-state index in [-0.39, 0.29) is 16.1 Å². The number of phenolic OH excluding ortho intramolecular Hbond substituents is 1. The number of hydrogen-bond acceptors (Lipinski definition) is 3. The fourth-order valence-electron chi connectivity index (χ4n) is 3.16. The standard InChI is InChI=1S/C19H15Cl2FN2O3/c1-8(18(23)26)17-9(2)24(15-7-14(22)16(25)6-11(15)17)19(27)10-3-4-12(20)13(21)5-10/h3-8,25H,1-2H3,(H2,23,26)/t8-/m0/s1. The van der Waals surface area contributed by atoms with Crippen molar-refractivity contribution in [1.82, 2.24) is 4.57 Å². The summed E-state index contributed by atoms with van der Waals surface area (Å²) in [4.78, 5) is 24.8. The molecule has 0 saturated carbocycles. The van der Waals surface area contributed by atoms with Gasteiger partial charge in [-0.1, -0.05) is 23.2 Å². The normalized spacial score (nSPS) is 12.3. The molecule has 0 radical (unpaired) electrons. The molecular formula is C19H15Cl2FN2O3. The summed E-state index contributed by atoms with van der Waals surface area (Å²) in [6.07, 6.45) is 0. The number of nitrogens with two attached hydrogens (primary N) is 1. The Bertz CT molecular complexity index is 1110. The summed E-state index contributed by atoms with van der Waals surface area (Å²) < 4.78 is 15.3. The summed E-state index contributed by atoms with van der Waals surface area (Å²) in [5.41, 5.74) is 6.73. The molecule has 2 aromatic carbocycles. The summed E-state index contributed by atoms with van der Waals surface area (Å²) in [6, 6.07) is 6.62. The van der Waals surface area contributed by atoms with Crippen LogP contribution in [0, 0.1) is 12.7 Å². The van der Waals surface area contributed by atoms with Gasteiger partial charge in [0, 0.05) is 22.7 Å². The molecule has 3 N–H and O–H groups in total. The molecule has 0 unspecified atom stereocenters. The van der Waals surface area contributed by atoms with Crippen molar-refractivity contribution in [3.63, 3.8) is 0 Å². The van der Waals surface area contributed by atoms with Gasteiger partial charge >= 0.3 is 0 Å². The number of primary amides is 1. The Hall–Kier alpha value is -2.57. The van der Waals surface area contributed by atoms with Crippen LogP contribution in [0.25, 0.3) is 10.9 Å². The van der Waals surface area contributed by atoms with Crippen molar-refractivity contribution in [2.24, 2.45) is 5.73 Å². The molecule has 1 atom stereocenters. The van der Waals surface area contributed by atoms with Gasteiger partial charge in [0.2, 0.25) is 5.91 Å². The number of rotatable bonds is 3. The van der Waals surface area contributed by atoms with Crippen LogP contribution in [0.15, 0.2) is 30.3 Å². The molecule has 3 rings (SSSR count). The zero-order valence-electron chi connectivity index (χ0n) is 14.4. The number of phenols is 1. The largest absolute Gasteiger partial charge is 0.505 e. The van der Waals surface area contributed by atoms with Crippen LogP contribution in [-0.4, -0.2) is 21.5 Å². The van der Waals surface area contributed by atoms with Crippen LogP contribution >= 0.6 is 23.2 Å². The van der Waals surface area contributed by atoms with Gasteiger partial charge in [0.1, 0.15) is 0 Å². The predicted molar refractivity (Wildman–Crippen MR) is 102 cm³/mol. The number of hydrogen-bond donors (Lipinski definition) is 2. The van der Waals surface area contributed by atoms with E-state index in [2.05, 4.69) is 0 Å². The fraction of sp³-hybridized carbons (Fsp3) is 0.158. The van der Waals surface area contributed by atoms with Gasteiger partial charge in [0.15, 0.2) is 11.6 Å². The van der Waals surface area contributed by atoms with Crippen LogP contribution in [-0.2, 0) is 4.79 Å². The lowest BCUT2D eigenvalue weighted by Crippen LogP contribution is -2.20. The van der Waals surface area contributed by atoms with Crippen molar-refractivity contribution in [3.05, 3.63) is 63.0 Å². The second-order valence-electron chi connectivity index (χ2n) is 6.21. The highest BCUT2D eigenvalue weighted by molar-refractivity contribution is 6.42. The van der Waals surface area contributed by atoms with Gasteiger partial charge in [-0.15, -0.1) is 0 Å². The third kappa shape index (κ3) is 3.15. The molecule has 140 valence electrons. The molecule has 0 aliphatic carbocycles. The number of amides is 1. The Kier molecular flexibility index (Phi) is 4.88. The maximum absolute atomic E-state index is 14.0. The van der Waals surface area contributed by atoms with E-state index in [9.17, 15) is 19.1 Å². The smallest absolute Gasteiger partial charge is 0.262 e. The van der Waals surface area contributed by atoms with Gasteiger partial charge in [0.25, 0.3) is 5.91 Å². The maximum Gasteiger partial charge on any atom is 0.262 e. The van der Waals surface area contributed by atoms with Crippen LogP contribution in [0.1, 0.15) is 34.5 Å². The molecule has 1 amide bonds. The van der Waals surface area contributed by atoms with Crippen molar-refractivity contribution < 1.29 is 19.1 Å². The third-order valence-electron chi connectivity index (χ3n) is 4.55. The van der Waals surface area contributed by atoms with Gasteiger partial charge in [-0.3, -0.25) is 14.2 Å². The van der Waals surface area contributed by atoms with E-state index < -0.39 is 29.3 Å². The topological polar surface area (TPSA) is 85.3 Å². The SMILES string of the molecule is Cc1c([C@H](C)C(N)=O)c2cc(O)c(F)cc2n1C(=O)c1ccc(Cl)c(Cl)c1. The number of carbonyl (C=O) groups excluding carboxylic acids is 2. The zero-order valence-corrected chi connectivity index (χ0v) is 15.9. The highest BCUT2D eigenvalue weighted by atomic mass is 35.5. The molecule has 8 heteroatoms. The van der Waals surface area contributed by atoms with Crippen LogP contribution < -0.4 is 5.73 Å². The minimum Gasteiger partial charge on any atom is -0.505 e. The van der Waals surface area contributed by atoms with E-state index in [4.69, 9.17) is 28.9 Å². The number of nitrogens with zero attached hydrogens (tertiary/aromatic N) is 1. The van der Waals surface area contributed by atoms with Crippen molar-refractivity contribution in [3.8, 4) is 5.75 Å². The quantitative estimate of drug-likeness (QED) is 0.674. The van der Waals surface area contributed by atoms with E-state index in [0.717, 1.165) is 6.07 Å². The van der Waals surface area contributed by atoms with Gasteiger partial charge in [-0.05, 0) is 43.7 Å². The summed E-state index contributed by atoms with van der Waals surface area (Å²) in [6.45, 7) is 3.21. The second kappa shape index (κ2) is 6.87. The second-order valence-corrected chi connectivity index (χ2v) is 7.03. The van der Waals surface area contributed by atoms with E-state index in [1.54, 1.807) is 13.8 Å². The van der Waals surface area contributed by atoms with Crippen LogP contribution in [0.3, 0.4) is 0 Å². The Balaban J connectivity index is 2.33. The van der Waals surface area contributed by atoms with E-state index in [1.807, 2.05) is 0 Å². The molecule has 1 aromatic heterocycles. The number of fused-ring (bicyclic) bond motifs is 1. The van der Waals surface area contributed by atoms with Crippen LogP contribution in [0.4, 0.5) is 4.39 Å². The summed E-state index contributed by atoms with van der Waals surface area (Å²) in [5, 5.41) is 10.6. The Morgan fingerprint density at radius 3 is 2.44 bits per heavy atom. The first-order chi connectivity index (χ1) is 12.6. The lowest BCUT2D eigenvalue weighted by Gasteiger charge is -2.10. The molecular weight excluding hydrogens is 394 g/mol. The number of aromatic hydroxyl groups is 1. The van der Waals surface area contributed by atoms with E-state index in [1.165, 1.54) is 28.8 Å². The van der Waals surface area contributed by atoms with E-state index >= 15 is 0 Å². The first-order valence-electron chi connectivity index (χ1n) is 7.96. The van der Waals surface area contributed by atoms with Crippen molar-refractivity contribution in [2.45, 2.75) is 19.8 Å². The number of halogens is 3. The molecule has 0 aliphatic rings. The summed E-state index contributed by atoms with van der Waals surface area (Å²) in [7, 11) is 0. The highest BCUT2D eigenvalue weighted by Gasteiger charge is 2.26. The van der Waals surface area contributed by atoms with Crippen molar-refractivity contribution >= 4 is 45.9 Å². The van der Waals surface area contributed by atoms with Gasteiger partial charge in [-0.25, -0.2) is 4.39 Å². The van der Waals surface area contributed by atoms with Crippen LogP contribution in [0.2, 0.25) is 10.0 Å². The summed E-state index contributed by atoms with van der Waals surface area (Å²) >= 11 is 11.9. The molecule has 0 bridgehead atoms. The molecule has 5 nitrogen and oxygen atoms in total. The van der Waals surface area contributed by atoms with Crippen molar-refractivity contribution in [2.75, 3.05) is 0 Å². The minimum atomic E-state index is -0.888. The Morgan fingerprint density at radius 1 is 1.19 bits per heavy atom. The van der Waals surface area contributed by atoms with Gasteiger partial charge in [0.05, 0.1) is 21.5 Å². The molecule has 3 aromatic rings. The lowest BCUT2D eigenvalue weighted by molar-refractivity contribution is -0.119. The van der Waals surface area contributed by atoms with E-state index in [0.29, 0.717) is 21.7 Å². The first-order valence-corrected chi connectivity index (χ1v) is 8.71.